The van der Waals surface area contributed by atoms with E-state index in [9.17, 15) is 9.59 Å². The van der Waals surface area contributed by atoms with Gasteiger partial charge in [0.05, 0.1) is 23.4 Å². The molecule has 9 heteroatoms. The minimum Gasteiger partial charge on any atom is -0.319 e. The van der Waals surface area contributed by atoms with Crippen molar-refractivity contribution in [2.75, 3.05) is 0 Å². The van der Waals surface area contributed by atoms with Crippen molar-refractivity contribution in [3.63, 3.8) is 0 Å². The van der Waals surface area contributed by atoms with Crippen LogP contribution in [-0.4, -0.2) is 42.0 Å². The molecule has 0 bridgehead atoms. The molecule has 0 saturated carbocycles. The number of hydrogen-bond acceptors (Lipinski definition) is 6. The Morgan fingerprint density at radius 2 is 1.90 bits per heavy atom. The van der Waals surface area contributed by atoms with Gasteiger partial charge in [-0.1, -0.05) is 36.4 Å². The topological polar surface area (TPSA) is 106 Å². The van der Waals surface area contributed by atoms with E-state index in [2.05, 4.69) is 25.8 Å². The molecule has 0 spiro atoms. The summed E-state index contributed by atoms with van der Waals surface area (Å²) in [6, 6.07) is 18.2. The zero-order valence-corrected chi connectivity index (χ0v) is 16.1. The maximum Gasteiger partial charge on any atom is 0.325 e. The van der Waals surface area contributed by atoms with Gasteiger partial charge in [0.15, 0.2) is 0 Å². The van der Waals surface area contributed by atoms with Crippen LogP contribution in [0, 0.1) is 0 Å². The van der Waals surface area contributed by atoms with E-state index >= 15 is 0 Å². The summed E-state index contributed by atoms with van der Waals surface area (Å²) in [5, 5.41) is 15.0. The molecule has 1 unspecified atom stereocenters. The van der Waals surface area contributed by atoms with Crippen molar-refractivity contribution in [2.45, 2.75) is 19.0 Å². The van der Waals surface area contributed by atoms with Crippen LogP contribution in [0.3, 0.4) is 0 Å². The highest BCUT2D eigenvalue weighted by atomic mass is 16.2. The number of hydrogen-bond donors (Lipinski definition) is 1. The molecule has 1 aliphatic rings. The van der Waals surface area contributed by atoms with Crippen LogP contribution in [0.2, 0.25) is 0 Å². The van der Waals surface area contributed by atoms with E-state index in [0.29, 0.717) is 16.9 Å². The number of nitrogens with one attached hydrogen (secondary N) is 1. The Hall–Kier alpha value is -4.14. The first-order valence-corrected chi connectivity index (χ1v) is 9.37. The van der Waals surface area contributed by atoms with E-state index in [-0.39, 0.29) is 12.5 Å². The van der Waals surface area contributed by atoms with Gasteiger partial charge >= 0.3 is 6.03 Å². The van der Waals surface area contributed by atoms with Crippen molar-refractivity contribution in [2.24, 2.45) is 0 Å². The van der Waals surface area contributed by atoms with Crippen molar-refractivity contribution < 1.29 is 9.59 Å². The van der Waals surface area contributed by atoms with Gasteiger partial charge in [-0.3, -0.25) is 14.7 Å². The molecule has 4 aromatic rings. The number of carbonyl (C=O) groups is 2. The third kappa shape index (κ3) is 2.87. The Morgan fingerprint density at radius 3 is 2.73 bits per heavy atom. The fourth-order valence-electron chi connectivity index (χ4n) is 3.63. The zero-order chi connectivity index (χ0) is 20.7. The smallest absolute Gasteiger partial charge is 0.319 e. The quantitative estimate of drug-likeness (QED) is 0.527. The minimum absolute atomic E-state index is 0.0950. The fourth-order valence-corrected chi connectivity index (χ4v) is 3.63. The summed E-state index contributed by atoms with van der Waals surface area (Å²) in [7, 11) is 0. The molecule has 0 radical (unpaired) electrons. The predicted octanol–water partition coefficient (Wildman–Crippen LogP) is 2.18. The standard InChI is InChI=1S/C21H17N7O2/c1-21(15-6-4-7-17(11-15)28-13-22-25-26-28)19(29)27(20(30)24-21)12-16-10-9-14-5-2-3-8-18(14)23-16/h2-11,13H,12H2,1H3,(H,24,30). The van der Waals surface area contributed by atoms with Crippen LogP contribution in [0.15, 0.2) is 67.0 Å². The van der Waals surface area contributed by atoms with Crippen molar-refractivity contribution in [1.29, 1.82) is 0 Å². The van der Waals surface area contributed by atoms with Crippen molar-refractivity contribution in [3.8, 4) is 5.69 Å². The summed E-state index contributed by atoms with van der Waals surface area (Å²) in [6.45, 7) is 1.79. The van der Waals surface area contributed by atoms with E-state index in [1.54, 1.807) is 25.1 Å². The van der Waals surface area contributed by atoms with Crippen molar-refractivity contribution in [3.05, 3.63) is 78.2 Å². The first-order chi connectivity index (χ1) is 14.5. The summed E-state index contributed by atoms with van der Waals surface area (Å²) in [6.07, 6.45) is 1.47. The summed E-state index contributed by atoms with van der Waals surface area (Å²) >= 11 is 0. The lowest BCUT2D eigenvalue weighted by Crippen LogP contribution is -2.40. The summed E-state index contributed by atoms with van der Waals surface area (Å²) in [5.41, 5.74) is 1.60. The maximum absolute atomic E-state index is 13.3. The van der Waals surface area contributed by atoms with Crippen LogP contribution in [0.25, 0.3) is 16.6 Å². The molecular weight excluding hydrogens is 382 g/mol. The Bertz CT molecular complexity index is 1270. The minimum atomic E-state index is -1.20. The maximum atomic E-state index is 13.3. The second-order valence-corrected chi connectivity index (χ2v) is 7.25. The molecule has 148 valence electrons. The van der Waals surface area contributed by atoms with Crippen LogP contribution in [0.4, 0.5) is 4.79 Å². The molecule has 0 aliphatic carbocycles. The van der Waals surface area contributed by atoms with Crippen LogP contribution in [0.1, 0.15) is 18.2 Å². The first-order valence-electron chi connectivity index (χ1n) is 9.37. The van der Waals surface area contributed by atoms with E-state index in [1.165, 1.54) is 15.9 Å². The Labute approximate surface area is 171 Å². The molecule has 1 atom stereocenters. The van der Waals surface area contributed by atoms with E-state index in [1.807, 2.05) is 42.5 Å². The Morgan fingerprint density at radius 1 is 1.03 bits per heavy atom. The molecule has 30 heavy (non-hydrogen) atoms. The predicted molar refractivity (Wildman–Crippen MR) is 107 cm³/mol. The average molecular weight is 399 g/mol. The van der Waals surface area contributed by atoms with Gasteiger partial charge in [0, 0.05) is 5.39 Å². The van der Waals surface area contributed by atoms with E-state index < -0.39 is 11.6 Å². The normalized spacial score (nSPS) is 18.8. The lowest BCUT2D eigenvalue weighted by atomic mass is 9.91. The SMILES string of the molecule is CC1(c2cccc(-n3cnnn3)c2)NC(=O)N(Cc2ccc3ccccc3n2)C1=O. The van der Waals surface area contributed by atoms with Gasteiger partial charge in [0.2, 0.25) is 0 Å². The van der Waals surface area contributed by atoms with Crippen LogP contribution >= 0.6 is 0 Å². The lowest BCUT2D eigenvalue weighted by molar-refractivity contribution is -0.131. The van der Waals surface area contributed by atoms with Gasteiger partial charge in [0.1, 0.15) is 11.9 Å². The lowest BCUT2D eigenvalue weighted by Gasteiger charge is -2.22. The molecule has 3 amide bonds. The molecule has 5 rings (SSSR count). The van der Waals surface area contributed by atoms with Gasteiger partial charge in [-0.15, -0.1) is 5.10 Å². The number of urea groups is 1. The number of amides is 3. The number of aromatic nitrogens is 5. The zero-order valence-electron chi connectivity index (χ0n) is 16.1. The number of nitrogens with zero attached hydrogens (tertiary/aromatic N) is 6. The number of para-hydroxylation sites is 1. The summed E-state index contributed by atoms with van der Waals surface area (Å²) in [4.78, 5) is 31.7. The number of tetrazole rings is 1. The number of carbonyl (C=O) groups excluding carboxylic acids is 2. The van der Waals surface area contributed by atoms with Crippen LogP contribution < -0.4 is 5.32 Å². The third-order valence-corrected chi connectivity index (χ3v) is 5.29. The highest BCUT2D eigenvalue weighted by molar-refractivity contribution is 6.07. The van der Waals surface area contributed by atoms with Crippen LogP contribution in [-0.2, 0) is 16.9 Å². The fraction of sp³-hybridized carbons (Fsp3) is 0.143. The number of benzene rings is 2. The first kappa shape index (κ1) is 17.9. The van der Waals surface area contributed by atoms with Gasteiger partial charge in [-0.05, 0) is 47.2 Å². The van der Waals surface area contributed by atoms with Gasteiger partial charge < -0.3 is 5.32 Å². The summed E-state index contributed by atoms with van der Waals surface area (Å²) in [5.74, 6) is -0.337. The second kappa shape index (κ2) is 6.73. The number of imide groups is 1. The molecule has 1 saturated heterocycles. The number of pyridine rings is 1. The van der Waals surface area contributed by atoms with E-state index in [0.717, 1.165) is 10.9 Å². The third-order valence-electron chi connectivity index (χ3n) is 5.29. The van der Waals surface area contributed by atoms with Crippen LogP contribution in [0.5, 0.6) is 0 Å². The monoisotopic (exact) mass is 399 g/mol. The summed E-state index contributed by atoms with van der Waals surface area (Å²) < 4.78 is 1.49. The Balaban J connectivity index is 1.45. The number of fused-ring (bicyclic) bond motifs is 1. The molecule has 9 nitrogen and oxygen atoms in total. The van der Waals surface area contributed by atoms with Gasteiger partial charge in [-0.2, -0.15) is 0 Å². The molecule has 2 aromatic heterocycles. The molecule has 1 N–H and O–H groups in total. The largest absolute Gasteiger partial charge is 0.325 e. The van der Waals surface area contributed by atoms with Crippen molar-refractivity contribution >= 4 is 22.8 Å². The molecule has 1 fully saturated rings. The average Bonchev–Trinajstić information content (AvgIpc) is 3.38. The van der Waals surface area contributed by atoms with Crippen molar-refractivity contribution in [1.82, 2.24) is 35.4 Å². The van der Waals surface area contributed by atoms with Gasteiger partial charge in [0.25, 0.3) is 5.91 Å². The molecule has 2 aromatic carbocycles. The molecular formula is C21H17N7O2. The van der Waals surface area contributed by atoms with Gasteiger partial charge in [-0.25, -0.2) is 9.48 Å². The Kier molecular flexibility index (Phi) is 4.02. The molecule has 3 heterocycles. The highest BCUT2D eigenvalue weighted by Gasteiger charge is 2.49. The second-order valence-electron chi connectivity index (χ2n) is 7.25. The molecule has 1 aliphatic heterocycles. The number of rotatable bonds is 4. The highest BCUT2D eigenvalue weighted by Crippen LogP contribution is 2.30. The van der Waals surface area contributed by atoms with E-state index in [4.69, 9.17) is 0 Å².